The molecule has 0 aromatic rings. The third-order valence-corrected chi connectivity index (χ3v) is 3.07. The molecular formula is C16H31N5O4. The molecule has 144 valence electrons. The lowest BCUT2D eigenvalue weighted by Gasteiger charge is -2.20. The first kappa shape index (κ1) is 22.9. The van der Waals surface area contributed by atoms with Gasteiger partial charge in [-0.25, -0.2) is 9.59 Å². The molecule has 0 aliphatic carbocycles. The molecule has 0 saturated carbocycles. The van der Waals surface area contributed by atoms with Crippen LogP contribution in [0.15, 0.2) is 5.11 Å². The van der Waals surface area contributed by atoms with Gasteiger partial charge in [0.1, 0.15) is 5.60 Å². The predicted octanol–water partition coefficient (Wildman–Crippen LogP) is 3.89. The molecule has 0 unspecified atom stereocenters. The van der Waals surface area contributed by atoms with E-state index < -0.39 is 17.8 Å². The van der Waals surface area contributed by atoms with Gasteiger partial charge in [0.2, 0.25) is 0 Å². The van der Waals surface area contributed by atoms with Crippen molar-refractivity contribution in [2.75, 3.05) is 19.7 Å². The van der Waals surface area contributed by atoms with Gasteiger partial charge in [-0.05, 0) is 52.0 Å². The molecule has 0 fully saturated rings. The molecule has 0 spiro atoms. The first-order chi connectivity index (χ1) is 11.8. The highest BCUT2D eigenvalue weighted by molar-refractivity contribution is 5.67. The Balaban J connectivity index is 4.04. The summed E-state index contributed by atoms with van der Waals surface area (Å²) in [5.74, 6) is 0. The second kappa shape index (κ2) is 13.2. The van der Waals surface area contributed by atoms with Crippen LogP contribution in [0.3, 0.4) is 0 Å². The zero-order valence-electron chi connectivity index (χ0n) is 15.7. The minimum absolute atomic E-state index is 0.166. The quantitative estimate of drug-likeness (QED) is 0.252. The molecule has 9 nitrogen and oxygen atoms in total. The van der Waals surface area contributed by atoms with Crippen LogP contribution in [0.1, 0.15) is 59.8 Å². The molecule has 0 heterocycles. The maximum atomic E-state index is 11.7. The summed E-state index contributed by atoms with van der Waals surface area (Å²) in [5.41, 5.74) is 7.92. The van der Waals surface area contributed by atoms with Crippen molar-refractivity contribution < 1.29 is 19.1 Å². The number of nitrogens with zero attached hydrogens (tertiary/aromatic N) is 3. The number of alkyl carbamates (subject to hydrolysis) is 2. The van der Waals surface area contributed by atoms with E-state index in [1.807, 2.05) is 6.92 Å². The lowest BCUT2D eigenvalue weighted by atomic mass is 10.1. The number of nitrogens with one attached hydrogen (secondary N) is 2. The Morgan fingerprint density at radius 1 is 1.20 bits per heavy atom. The Hall–Kier alpha value is -2.15. The van der Waals surface area contributed by atoms with Gasteiger partial charge in [-0.1, -0.05) is 18.5 Å². The number of carbonyl (C=O) groups excluding carboxylic acids is 2. The van der Waals surface area contributed by atoms with Crippen molar-refractivity contribution in [3.05, 3.63) is 10.4 Å². The van der Waals surface area contributed by atoms with E-state index in [2.05, 4.69) is 20.7 Å². The molecule has 0 aliphatic heterocycles. The average molecular weight is 357 g/mol. The number of amides is 2. The third-order valence-electron chi connectivity index (χ3n) is 3.07. The first-order valence-electron chi connectivity index (χ1n) is 8.69. The fraction of sp³-hybridized carbons (Fsp3) is 0.875. The molecule has 0 aromatic carbocycles. The van der Waals surface area contributed by atoms with Gasteiger partial charge >= 0.3 is 12.2 Å². The lowest BCUT2D eigenvalue weighted by Crippen LogP contribution is -2.37. The number of hydrogen-bond acceptors (Lipinski definition) is 5. The van der Waals surface area contributed by atoms with Crippen LogP contribution in [0.2, 0.25) is 0 Å². The molecule has 2 amide bonds. The van der Waals surface area contributed by atoms with Gasteiger partial charge in [0.15, 0.2) is 0 Å². The van der Waals surface area contributed by atoms with Crippen molar-refractivity contribution in [3.63, 3.8) is 0 Å². The largest absolute Gasteiger partial charge is 0.450 e. The topological polar surface area (TPSA) is 125 Å². The molecule has 2 N–H and O–H groups in total. The molecule has 0 radical (unpaired) electrons. The van der Waals surface area contributed by atoms with E-state index in [0.717, 1.165) is 25.7 Å². The summed E-state index contributed by atoms with van der Waals surface area (Å²) in [5, 5.41) is 8.89. The summed E-state index contributed by atoms with van der Waals surface area (Å²) in [4.78, 5) is 25.9. The van der Waals surface area contributed by atoms with Gasteiger partial charge in [-0.3, -0.25) is 0 Å². The van der Waals surface area contributed by atoms with Crippen molar-refractivity contribution in [2.45, 2.75) is 71.4 Å². The minimum Gasteiger partial charge on any atom is -0.450 e. The van der Waals surface area contributed by atoms with Crippen molar-refractivity contribution >= 4 is 12.2 Å². The molecule has 0 rings (SSSR count). The standard InChI is InChI=1S/C16H31N5O4/c1-5-6-11-24-15(23)20-13(12-19-21-17)9-7-8-10-18-14(22)25-16(2,3)4/h13H,5-12H2,1-4H3,(H,18,22)(H,20,23)/t13-/m0/s1. The second-order valence-corrected chi connectivity index (χ2v) is 6.67. The maximum Gasteiger partial charge on any atom is 0.407 e. The van der Waals surface area contributed by atoms with Crippen molar-refractivity contribution in [1.82, 2.24) is 10.6 Å². The van der Waals surface area contributed by atoms with E-state index in [9.17, 15) is 9.59 Å². The molecule has 9 heteroatoms. The van der Waals surface area contributed by atoms with Crippen LogP contribution in [-0.4, -0.2) is 43.5 Å². The summed E-state index contributed by atoms with van der Waals surface area (Å²) in [7, 11) is 0. The zero-order chi connectivity index (χ0) is 19.1. The Morgan fingerprint density at radius 3 is 2.52 bits per heavy atom. The number of ether oxygens (including phenoxy) is 2. The van der Waals surface area contributed by atoms with Crippen LogP contribution >= 0.6 is 0 Å². The summed E-state index contributed by atoms with van der Waals surface area (Å²) in [6.07, 6.45) is 2.90. The Labute approximate surface area is 149 Å². The van der Waals surface area contributed by atoms with Gasteiger partial charge in [0.25, 0.3) is 0 Å². The zero-order valence-corrected chi connectivity index (χ0v) is 15.7. The number of unbranched alkanes of at least 4 members (excludes halogenated alkanes) is 2. The summed E-state index contributed by atoms with van der Waals surface area (Å²) < 4.78 is 10.2. The van der Waals surface area contributed by atoms with Crippen LogP contribution in [0, 0.1) is 0 Å². The highest BCUT2D eigenvalue weighted by Gasteiger charge is 2.16. The Bertz CT molecular complexity index is 444. The van der Waals surface area contributed by atoms with E-state index in [-0.39, 0.29) is 12.6 Å². The van der Waals surface area contributed by atoms with Crippen LogP contribution in [0.25, 0.3) is 10.4 Å². The van der Waals surface area contributed by atoms with Gasteiger partial charge in [0, 0.05) is 24.0 Å². The van der Waals surface area contributed by atoms with E-state index in [1.165, 1.54) is 0 Å². The van der Waals surface area contributed by atoms with E-state index in [1.54, 1.807) is 20.8 Å². The molecule has 25 heavy (non-hydrogen) atoms. The highest BCUT2D eigenvalue weighted by atomic mass is 16.6. The second-order valence-electron chi connectivity index (χ2n) is 6.67. The molecule has 1 atom stereocenters. The lowest BCUT2D eigenvalue weighted by molar-refractivity contribution is 0.0527. The van der Waals surface area contributed by atoms with Crippen molar-refractivity contribution in [2.24, 2.45) is 5.11 Å². The van der Waals surface area contributed by atoms with E-state index in [4.69, 9.17) is 15.0 Å². The average Bonchev–Trinajstić information content (AvgIpc) is 2.50. The molecule has 0 saturated heterocycles. The maximum absolute atomic E-state index is 11.7. The Kier molecular flexibility index (Phi) is 12.0. The van der Waals surface area contributed by atoms with Gasteiger partial charge in [-0.15, -0.1) is 0 Å². The number of carbonyl (C=O) groups is 2. The van der Waals surface area contributed by atoms with E-state index in [0.29, 0.717) is 19.6 Å². The highest BCUT2D eigenvalue weighted by Crippen LogP contribution is 2.07. The van der Waals surface area contributed by atoms with E-state index >= 15 is 0 Å². The fourth-order valence-corrected chi connectivity index (χ4v) is 1.88. The van der Waals surface area contributed by atoms with Crippen LogP contribution < -0.4 is 10.6 Å². The number of azide groups is 1. The summed E-state index contributed by atoms with van der Waals surface area (Å²) in [6, 6.07) is -0.286. The third kappa shape index (κ3) is 15.1. The first-order valence-corrected chi connectivity index (χ1v) is 8.69. The molecule has 0 aliphatic rings. The SMILES string of the molecule is CCCCOC(=O)N[C@@H](CCCCNC(=O)OC(C)(C)C)CN=[N+]=[N-]. The van der Waals surface area contributed by atoms with Crippen molar-refractivity contribution in [3.8, 4) is 0 Å². The predicted molar refractivity (Wildman–Crippen MR) is 95.3 cm³/mol. The van der Waals surface area contributed by atoms with Crippen molar-refractivity contribution in [1.29, 1.82) is 0 Å². The summed E-state index contributed by atoms with van der Waals surface area (Å²) >= 11 is 0. The van der Waals surface area contributed by atoms with Gasteiger partial charge < -0.3 is 20.1 Å². The minimum atomic E-state index is -0.521. The normalized spacial score (nSPS) is 11.8. The van der Waals surface area contributed by atoms with Gasteiger partial charge in [0.05, 0.1) is 6.61 Å². The number of hydrogen-bond donors (Lipinski definition) is 2. The molecule has 0 bridgehead atoms. The Morgan fingerprint density at radius 2 is 1.92 bits per heavy atom. The monoisotopic (exact) mass is 357 g/mol. The smallest absolute Gasteiger partial charge is 0.407 e. The molecular weight excluding hydrogens is 326 g/mol. The number of rotatable bonds is 11. The molecule has 0 aromatic heterocycles. The van der Waals surface area contributed by atoms with Crippen LogP contribution in [-0.2, 0) is 9.47 Å². The fourth-order valence-electron chi connectivity index (χ4n) is 1.88. The summed E-state index contributed by atoms with van der Waals surface area (Å²) in [6.45, 7) is 8.44. The van der Waals surface area contributed by atoms with Crippen LogP contribution in [0.5, 0.6) is 0 Å². The van der Waals surface area contributed by atoms with Crippen LogP contribution in [0.4, 0.5) is 9.59 Å². The van der Waals surface area contributed by atoms with Gasteiger partial charge in [-0.2, -0.15) is 0 Å².